The largest absolute Gasteiger partial charge is 0.493 e. The van der Waals surface area contributed by atoms with Crippen molar-refractivity contribution in [2.75, 3.05) is 20.8 Å². The lowest BCUT2D eigenvalue weighted by Crippen LogP contribution is -2.20. The number of nitrogens with one attached hydrogen (secondary N) is 1. The Morgan fingerprint density at radius 1 is 1.28 bits per heavy atom. The lowest BCUT2D eigenvalue weighted by molar-refractivity contribution is -0.118. The summed E-state index contributed by atoms with van der Waals surface area (Å²) in [4.78, 5) is 10.6. The fourth-order valence-corrected chi connectivity index (χ4v) is 1.38. The molecular formula is C14H17NO3. The van der Waals surface area contributed by atoms with E-state index in [4.69, 9.17) is 9.47 Å². The van der Waals surface area contributed by atoms with Gasteiger partial charge in [0.25, 0.3) is 0 Å². The van der Waals surface area contributed by atoms with E-state index in [9.17, 15) is 4.79 Å². The first-order chi connectivity index (χ1) is 8.67. The SMILES string of the molecule is COc1ccc(C#CCCNC(C)=O)cc1OC. The van der Waals surface area contributed by atoms with Crippen molar-refractivity contribution in [3.05, 3.63) is 23.8 Å². The third-order valence-electron chi connectivity index (χ3n) is 2.24. The van der Waals surface area contributed by atoms with Gasteiger partial charge in [0.05, 0.1) is 14.2 Å². The molecule has 96 valence electrons. The molecule has 1 aromatic rings. The maximum absolute atomic E-state index is 10.6. The Morgan fingerprint density at radius 3 is 2.61 bits per heavy atom. The Kier molecular flexibility index (Phi) is 5.59. The predicted octanol–water partition coefficient (Wildman–Crippen LogP) is 1.58. The summed E-state index contributed by atoms with van der Waals surface area (Å²) >= 11 is 0. The van der Waals surface area contributed by atoms with Crippen molar-refractivity contribution >= 4 is 5.91 Å². The number of carbonyl (C=O) groups excluding carboxylic acids is 1. The van der Waals surface area contributed by atoms with E-state index in [0.717, 1.165) is 5.56 Å². The second-order valence-electron chi connectivity index (χ2n) is 3.60. The molecule has 4 nitrogen and oxygen atoms in total. The molecule has 0 saturated heterocycles. The van der Waals surface area contributed by atoms with E-state index in [2.05, 4.69) is 17.2 Å². The van der Waals surface area contributed by atoms with Gasteiger partial charge < -0.3 is 14.8 Å². The molecule has 18 heavy (non-hydrogen) atoms. The molecule has 0 unspecified atom stereocenters. The summed E-state index contributed by atoms with van der Waals surface area (Å²) in [6.45, 7) is 2.05. The molecule has 4 heteroatoms. The van der Waals surface area contributed by atoms with Crippen molar-refractivity contribution < 1.29 is 14.3 Å². The van der Waals surface area contributed by atoms with E-state index in [1.54, 1.807) is 14.2 Å². The van der Waals surface area contributed by atoms with Crippen LogP contribution in [0.5, 0.6) is 11.5 Å². The van der Waals surface area contributed by atoms with Crippen molar-refractivity contribution in [2.45, 2.75) is 13.3 Å². The van der Waals surface area contributed by atoms with Gasteiger partial charge in [-0.2, -0.15) is 0 Å². The summed E-state index contributed by atoms with van der Waals surface area (Å²) in [5, 5.41) is 2.69. The third kappa shape index (κ3) is 4.38. The standard InChI is InChI=1S/C14H17NO3/c1-11(16)15-9-5-4-6-12-7-8-13(17-2)14(10-12)18-3/h7-8,10H,5,9H2,1-3H3,(H,15,16). The van der Waals surface area contributed by atoms with Crippen LogP contribution in [0.4, 0.5) is 0 Å². The Morgan fingerprint density at radius 2 is 2.00 bits per heavy atom. The average molecular weight is 247 g/mol. The maximum Gasteiger partial charge on any atom is 0.216 e. The Balaban J connectivity index is 2.62. The van der Waals surface area contributed by atoms with Crippen molar-refractivity contribution in [1.82, 2.24) is 5.32 Å². The summed E-state index contributed by atoms with van der Waals surface area (Å²) in [5.41, 5.74) is 0.857. The predicted molar refractivity (Wildman–Crippen MR) is 69.7 cm³/mol. The molecule has 0 aliphatic heterocycles. The number of benzene rings is 1. The van der Waals surface area contributed by atoms with Crippen LogP contribution in [0.1, 0.15) is 18.9 Å². The Hall–Kier alpha value is -2.15. The van der Waals surface area contributed by atoms with Gasteiger partial charge in [0.1, 0.15) is 0 Å². The van der Waals surface area contributed by atoms with E-state index in [1.165, 1.54) is 6.92 Å². The van der Waals surface area contributed by atoms with E-state index >= 15 is 0 Å². The quantitative estimate of drug-likeness (QED) is 0.649. The second-order valence-corrected chi connectivity index (χ2v) is 3.60. The molecule has 0 heterocycles. The molecular weight excluding hydrogens is 230 g/mol. The summed E-state index contributed by atoms with van der Waals surface area (Å²) in [6, 6.07) is 5.51. The number of carbonyl (C=O) groups is 1. The van der Waals surface area contributed by atoms with Gasteiger partial charge in [0, 0.05) is 25.5 Å². The van der Waals surface area contributed by atoms with Crippen LogP contribution in [0.3, 0.4) is 0 Å². The number of amides is 1. The zero-order valence-corrected chi connectivity index (χ0v) is 10.9. The summed E-state index contributed by atoms with van der Waals surface area (Å²) < 4.78 is 10.3. The first-order valence-corrected chi connectivity index (χ1v) is 5.62. The Bertz CT molecular complexity index is 472. The second kappa shape index (κ2) is 7.23. The monoisotopic (exact) mass is 247 g/mol. The van der Waals surface area contributed by atoms with Crippen LogP contribution in [0.2, 0.25) is 0 Å². The fourth-order valence-electron chi connectivity index (χ4n) is 1.38. The van der Waals surface area contributed by atoms with Gasteiger partial charge in [-0.15, -0.1) is 0 Å². The first-order valence-electron chi connectivity index (χ1n) is 5.62. The van der Waals surface area contributed by atoms with Crippen molar-refractivity contribution in [3.63, 3.8) is 0 Å². The van der Waals surface area contributed by atoms with E-state index in [-0.39, 0.29) is 5.91 Å². The lowest BCUT2D eigenvalue weighted by Gasteiger charge is -2.06. The molecule has 0 aromatic heterocycles. The van der Waals surface area contributed by atoms with Gasteiger partial charge in [-0.05, 0) is 18.2 Å². The van der Waals surface area contributed by atoms with Gasteiger partial charge in [0.2, 0.25) is 5.91 Å². The van der Waals surface area contributed by atoms with Crippen LogP contribution in [-0.4, -0.2) is 26.7 Å². The van der Waals surface area contributed by atoms with Crippen LogP contribution in [0.25, 0.3) is 0 Å². The molecule has 0 saturated carbocycles. The van der Waals surface area contributed by atoms with Crippen LogP contribution in [-0.2, 0) is 4.79 Å². The average Bonchev–Trinajstić information content (AvgIpc) is 2.37. The molecule has 1 aromatic carbocycles. The highest BCUT2D eigenvalue weighted by molar-refractivity contribution is 5.72. The number of rotatable bonds is 4. The zero-order valence-electron chi connectivity index (χ0n) is 10.9. The van der Waals surface area contributed by atoms with Crippen LogP contribution < -0.4 is 14.8 Å². The molecule has 1 N–H and O–H groups in total. The van der Waals surface area contributed by atoms with E-state index in [0.29, 0.717) is 24.5 Å². The minimum atomic E-state index is -0.0390. The molecule has 0 bridgehead atoms. The van der Waals surface area contributed by atoms with E-state index < -0.39 is 0 Å². The molecule has 0 radical (unpaired) electrons. The van der Waals surface area contributed by atoms with Gasteiger partial charge in [-0.25, -0.2) is 0 Å². The van der Waals surface area contributed by atoms with Crippen LogP contribution in [0, 0.1) is 11.8 Å². The van der Waals surface area contributed by atoms with Crippen LogP contribution >= 0.6 is 0 Å². The number of methoxy groups -OCH3 is 2. The highest BCUT2D eigenvalue weighted by Gasteiger charge is 2.02. The molecule has 0 atom stereocenters. The number of hydrogen-bond acceptors (Lipinski definition) is 3. The van der Waals surface area contributed by atoms with Crippen molar-refractivity contribution in [1.29, 1.82) is 0 Å². The highest BCUT2D eigenvalue weighted by Crippen LogP contribution is 2.26. The first kappa shape index (κ1) is 13.9. The third-order valence-corrected chi connectivity index (χ3v) is 2.24. The molecule has 0 fully saturated rings. The normalized spacial score (nSPS) is 9.06. The number of hydrogen-bond donors (Lipinski definition) is 1. The van der Waals surface area contributed by atoms with Gasteiger partial charge in [-0.1, -0.05) is 11.8 Å². The van der Waals surface area contributed by atoms with E-state index in [1.807, 2.05) is 18.2 Å². The zero-order chi connectivity index (χ0) is 13.4. The molecule has 0 aliphatic carbocycles. The van der Waals surface area contributed by atoms with Crippen LogP contribution in [0.15, 0.2) is 18.2 Å². The molecule has 1 amide bonds. The highest BCUT2D eigenvalue weighted by atomic mass is 16.5. The van der Waals surface area contributed by atoms with Gasteiger partial charge in [0.15, 0.2) is 11.5 Å². The minimum absolute atomic E-state index is 0.0390. The van der Waals surface area contributed by atoms with Gasteiger partial charge in [-0.3, -0.25) is 4.79 Å². The Labute approximate surface area is 107 Å². The number of ether oxygens (including phenoxy) is 2. The minimum Gasteiger partial charge on any atom is -0.493 e. The summed E-state index contributed by atoms with van der Waals surface area (Å²) in [7, 11) is 3.18. The van der Waals surface area contributed by atoms with Crippen molar-refractivity contribution in [3.8, 4) is 23.3 Å². The lowest BCUT2D eigenvalue weighted by atomic mass is 10.2. The topological polar surface area (TPSA) is 47.6 Å². The van der Waals surface area contributed by atoms with Crippen molar-refractivity contribution in [2.24, 2.45) is 0 Å². The smallest absolute Gasteiger partial charge is 0.216 e. The fraction of sp³-hybridized carbons (Fsp3) is 0.357. The molecule has 1 rings (SSSR count). The summed E-state index contributed by atoms with van der Waals surface area (Å²) in [5.74, 6) is 7.29. The molecule has 0 aliphatic rings. The maximum atomic E-state index is 10.6. The molecule has 0 spiro atoms. The summed E-state index contributed by atoms with van der Waals surface area (Å²) in [6.07, 6.45) is 0.619. The van der Waals surface area contributed by atoms with Gasteiger partial charge >= 0.3 is 0 Å².